The minimum absolute atomic E-state index is 0.668. The molecule has 2 aliphatic heterocycles. The van der Waals surface area contributed by atoms with Crippen LogP contribution in [-0.4, -0.2) is 84.1 Å². The van der Waals surface area contributed by atoms with Gasteiger partial charge in [-0.25, -0.2) is 15.0 Å². The molecule has 0 bridgehead atoms. The molecule has 45 heavy (non-hydrogen) atoms. The van der Waals surface area contributed by atoms with Gasteiger partial charge < -0.3 is 29.8 Å². The van der Waals surface area contributed by atoms with Gasteiger partial charge in [-0.2, -0.15) is 0 Å². The summed E-state index contributed by atoms with van der Waals surface area (Å²) in [6.07, 6.45) is 8.93. The molecule has 0 aliphatic carbocycles. The highest BCUT2D eigenvalue weighted by atomic mass is 79.9. The van der Waals surface area contributed by atoms with E-state index in [-0.39, 0.29) is 0 Å². The second-order valence-electron chi connectivity index (χ2n) is 11.3. The van der Waals surface area contributed by atoms with Crippen LogP contribution in [0, 0.1) is 5.92 Å². The number of imidazole rings is 1. The molecule has 0 saturated carbocycles. The number of methoxy groups -OCH3 is 1. The molecular weight excluding hydrogens is 702 g/mol. The van der Waals surface area contributed by atoms with E-state index in [1.54, 1.807) is 13.3 Å². The molecule has 2 fully saturated rings. The summed E-state index contributed by atoms with van der Waals surface area (Å²) in [6, 6.07) is 12.2. The van der Waals surface area contributed by atoms with Crippen LogP contribution in [-0.2, 0) is 28.9 Å². The van der Waals surface area contributed by atoms with E-state index in [4.69, 9.17) is 24.9 Å². The van der Waals surface area contributed by atoms with E-state index in [1.807, 2.05) is 24.4 Å². The van der Waals surface area contributed by atoms with Gasteiger partial charge in [0.15, 0.2) is 5.65 Å². The van der Waals surface area contributed by atoms with Crippen molar-refractivity contribution in [3.05, 3.63) is 69.1 Å². The van der Waals surface area contributed by atoms with Crippen molar-refractivity contribution in [3.63, 3.8) is 0 Å². The molecule has 6 rings (SSSR count). The first-order valence-corrected chi connectivity index (χ1v) is 17.2. The SMILES string of the molecule is COc1ccc(CCc2nc3cc(Br)cnc3n2CCC2CCOCC2)cc1.Nc1cc(Br)cnc1NCCN1CCOCC1. The Morgan fingerprint density at radius 2 is 1.64 bits per heavy atom. The van der Waals surface area contributed by atoms with Crippen molar-refractivity contribution in [1.82, 2.24) is 24.4 Å². The monoisotopic (exact) mass is 743 g/mol. The minimum atomic E-state index is 0.668. The molecule has 10 nitrogen and oxygen atoms in total. The third-order valence-electron chi connectivity index (χ3n) is 8.24. The molecule has 3 N–H and O–H groups in total. The summed E-state index contributed by atoms with van der Waals surface area (Å²) in [4.78, 5) is 16.2. The number of morpholine rings is 1. The average molecular weight is 746 g/mol. The van der Waals surface area contributed by atoms with Crippen molar-refractivity contribution in [1.29, 1.82) is 0 Å². The highest BCUT2D eigenvalue weighted by Crippen LogP contribution is 2.24. The average Bonchev–Trinajstić information content (AvgIpc) is 3.41. The second kappa shape index (κ2) is 17.2. The van der Waals surface area contributed by atoms with Crippen LogP contribution in [0.3, 0.4) is 0 Å². The largest absolute Gasteiger partial charge is 0.497 e. The molecule has 4 aromatic rings. The molecule has 0 unspecified atom stereocenters. The molecular formula is C33H43Br2N7O3. The van der Waals surface area contributed by atoms with Crippen molar-refractivity contribution >= 4 is 54.5 Å². The number of nitrogen functional groups attached to an aromatic ring is 1. The number of pyridine rings is 2. The number of nitrogens with one attached hydrogen (secondary N) is 1. The van der Waals surface area contributed by atoms with E-state index >= 15 is 0 Å². The number of hydrogen-bond acceptors (Lipinski definition) is 9. The number of halogens is 2. The van der Waals surface area contributed by atoms with Crippen LogP contribution in [0.1, 0.15) is 30.7 Å². The number of fused-ring (bicyclic) bond motifs is 1. The number of rotatable bonds is 11. The Bertz CT molecular complexity index is 1490. The fourth-order valence-electron chi connectivity index (χ4n) is 5.61. The lowest BCUT2D eigenvalue weighted by Crippen LogP contribution is -2.39. The number of ether oxygens (including phenoxy) is 3. The highest BCUT2D eigenvalue weighted by Gasteiger charge is 2.17. The maximum absolute atomic E-state index is 5.85. The molecule has 1 aromatic carbocycles. The number of anilines is 2. The molecule has 0 amide bonds. The fourth-order valence-corrected chi connectivity index (χ4v) is 6.28. The number of aryl methyl sites for hydroxylation is 3. The minimum Gasteiger partial charge on any atom is -0.497 e. The lowest BCUT2D eigenvalue weighted by molar-refractivity contribution is 0.0398. The Hall–Kier alpha value is -2.77. The number of nitrogens with two attached hydrogens (primary N) is 1. The van der Waals surface area contributed by atoms with Crippen molar-refractivity contribution in [2.24, 2.45) is 5.92 Å². The maximum Gasteiger partial charge on any atom is 0.160 e. The molecule has 242 valence electrons. The summed E-state index contributed by atoms with van der Waals surface area (Å²) >= 11 is 6.85. The Morgan fingerprint density at radius 1 is 0.933 bits per heavy atom. The summed E-state index contributed by atoms with van der Waals surface area (Å²) in [7, 11) is 1.70. The molecule has 2 aliphatic rings. The topological polar surface area (TPSA) is 113 Å². The number of benzene rings is 1. The number of aromatic nitrogens is 4. The molecule has 0 spiro atoms. The first-order chi connectivity index (χ1) is 22.0. The second-order valence-corrected chi connectivity index (χ2v) is 13.2. The van der Waals surface area contributed by atoms with Gasteiger partial charge in [0.1, 0.15) is 22.9 Å². The van der Waals surface area contributed by atoms with E-state index < -0.39 is 0 Å². The lowest BCUT2D eigenvalue weighted by Gasteiger charge is -2.26. The van der Waals surface area contributed by atoms with Crippen LogP contribution in [0.25, 0.3) is 11.2 Å². The van der Waals surface area contributed by atoms with E-state index in [9.17, 15) is 0 Å². The van der Waals surface area contributed by atoms with Gasteiger partial charge in [-0.05, 0) is 93.3 Å². The quantitative estimate of drug-likeness (QED) is 0.192. The van der Waals surface area contributed by atoms with Crippen molar-refractivity contribution in [2.45, 2.75) is 38.6 Å². The van der Waals surface area contributed by atoms with Crippen LogP contribution in [0.4, 0.5) is 11.5 Å². The summed E-state index contributed by atoms with van der Waals surface area (Å²) in [5.74, 6) is 3.49. The highest BCUT2D eigenvalue weighted by molar-refractivity contribution is 9.10. The third kappa shape index (κ3) is 10.1. The summed E-state index contributed by atoms with van der Waals surface area (Å²) < 4.78 is 20.2. The van der Waals surface area contributed by atoms with Crippen molar-refractivity contribution < 1.29 is 14.2 Å². The van der Waals surface area contributed by atoms with Crippen LogP contribution < -0.4 is 15.8 Å². The van der Waals surface area contributed by atoms with Gasteiger partial charge >= 0.3 is 0 Å². The zero-order valence-electron chi connectivity index (χ0n) is 25.9. The van der Waals surface area contributed by atoms with Gasteiger partial charge in [0.2, 0.25) is 0 Å². The van der Waals surface area contributed by atoms with Gasteiger partial charge in [0.25, 0.3) is 0 Å². The number of hydrogen-bond donors (Lipinski definition) is 2. The maximum atomic E-state index is 5.85. The summed E-state index contributed by atoms with van der Waals surface area (Å²) in [6.45, 7) is 8.26. The van der Waals surface area contributed by atoms with Crippen molar-refractivity contribution in [3.8, 4) is 5.75 Å². The summed E-state index contributed by atoms with van der Waals surface area (Å²) in [5.41, 5.74) is 9.76. The smallest absolute Gasteiger partial charge is 0.160 e. The van der Waals surface area contributed by atoms with E-state index in [0.717, 1.165) is 135 Å². The Kier molecular flexibility index (Phi) is 12.9. The zero-order valence-corrected chi connectivity index (χ0v) is 29.1. The molecule has 5 heterocycles. The molecule has 2 saturated heterocycles. The first-order valence-electron chi connectivity index (χ1n) is 15.6. The van der Waals surface area contributed by atoms with E-state index in [2.05, 4.69) is 74.8 Å². The van der Waals surface area contributed by atoms with Gasteiger partial charge in [-0.3, -0.25) is 4.90 Å². The normalized spacial score (nSPS) is 15.9. The van der Waals surface area contributed by atoms with Crippen LogP contribution in [0.15, 0.2) is 57.7 Å². The third-order valence-corrected chi connectivity index (χ3v) is 9.10. The van der Waals surface area contributed by atoms with E-state index in [0.29, 0.717) is 5.69 Å². The van der Waals surface area contributed by atoms with Crippen molar-refractivity contribution in [2.75, 3.05) is 70.8 Å². The molecule has 0 radical (unpaired) electrons. The Balaban J connectivity index is 0.000000201. The number of nitrogens with zero attached hydrogens (tertiary/aromatic N) is 5. The molecule has 12 heteroatoms. The zero-order chi connectivity index (χ0) is 31.4. The lowest BCUT2D eigenvalue weighted by atomic mass is 9.96. The fraction of sp³-hybridized carbons (Fsp3) is 0.485. The van der Waals surface area contributed by atoms with Gasteiger partial charge in [0, 0.05) is 73.7 Å². The predicted octanol–water partition coefficient (Wildman–Crippen LogP) is 5.97. The van der Waals surface area contributed by atoms with Crippen LogP contribution in [0.5, 0.6) is 5.75 Å². The van der Waals surface area contributed by atoms with E-state index in [1.165, 1.54) is 5.56 Å². The summed E-state index contributed by atoms with van der Waals surface area (Å²) in [5, 5.41) is 3.25. The standard InChI is InChI=1S/C22H26BrN3O2.C11H17BrN4O/c1-27-19-5-2-16(3-6-19)4-7-21-25-20-14-18(23)15-24-22(20)26(21)11-8-17-9-12-28-13-10-17;12-9-7-10(13)11(15-8-9)14-1-2-16-3-5-17-6-4-16/h2-3,5-6,14-15,17H,4,7-13H2,1H3;7-8H,1-6,13H2,(H,14,15). The van der Waals surface area contributed by atoms with Gasteiger partial charge in [-0.15, -0.1) is 0 Å². The van der Waals surface area contributed by atoms with Crippen LogP contribution >= 0.6 is 31.9 Å². The molecule has 0 atom stereocenters. The van der Waals surface area contributed by atoms with Gasteiger partial charge in [-0.1, -0.05) is 12.1 Å². The Morgan fingerprint density at radius 3 is 2.38 bits per heavy atom. The predicted molar refractivity (Wildman–Crippen MR) is 186 cm³/mol. The van der Waals surface area contributed by atoms with Crippen LogP contribution in [0.2, 0.25) is 0 Å². The van der Waals surface area contributed by atoms with Gasteiger partial charge in [0.05, 0.1) is 26.0 Å². The first kappa shape index (κ1) is 33.6. The Labute approximate surface area is 282 Å². The molecule has 3 aromatic heterocycles.